The number of nitrogens with one attached hydrogen (secondary N) is 3. The number of anilines is 1. The largest absolute Gasteiger partial charge is 0.462 e. The summed E-state index contributed by atoms with van der Waals surface area (Å²) in [4.78, 5) is 35.2. The van der Waals surface area contributed by atoms with Crippen LogP contribution in [0.1, 0.15) is 28.4 Å². The summed E-state index contributed by atoms with van der Waals surface area (Å²) >= 11 is 1.46. The van der Waals surface area contributed by atoms with Crippen molar-refractivity contribution in [2.24, 2.45) is 0 Å². The van der Waals surface area contributed by atoms with Gasteiger partial charge in [0.25, 0.3) is 0 Å². The van der Waals surface area contributed by atoms with Crippen molar-refractivity contribution in [1.29, 1.82) is 0 Å². The fourth-order valence-electron chi connectivity index (χ4n) is 2.29. The Balaban J connectivity index is 1.68. The van der Waals surface area contributed by atoms with E-state index in [1.807, 2.05) is 25.1 Å². The lowest BCUT2D eigenvalue weighted by Gasteiger charge is -2.09. The molecule has 0 heterocycles. The fraction of sp³-hybridized carbons (Fsp3) is 0.250. The van der Waals surface area contributed by atoms with E-state index in [9.17, 15) is 14.4 Å². The Bertz CT molecular complexity index is 824. The van der Waals surface area contributed by atoms with Crippen LogP contribution in [0.4, 0.5) is 10.5 Å². The highest BCUT2D eigenvalue weighted by Crippen LogP contribution is 2.13. The molecule has 0 aromatic heterocycles. The highest BCUT2D eigenvalue weighted by Gasteiger charge is 2.08. The molecule has 0 aliphatic rings. The number of hydrogen-bond donors (Lipinski definition) is 3. The quantitative estimate of drug-likeness (QED) is 0.489. The van der Waals surface area contributed by atoms with Crippen LogP contribution in [0.25, 0.3) is 0 Å². The van der Waals surface area contributed by atoms with Crippen molar-refractivity contribution in [3.63, 3.8) is 0 Å². The van der Waals surface area contributed by atoms with Crippen molar-refractivity contribution >= 4 is 35.4 Å². The molecule has 0 saturated heterocycles. The Labute approximate surface area is 168 Å². The lowest BCUT2D eigenvalue weighted by Crippen LogP contribution is -2.44. The third kappa shape index (κ3) is 7.32. The van der Waals surface area contributed by atoms with Crippen LogP contribution in [0.5, 0.6) is 0 Å². The molecule has 28 heavy (non-hydrogen) atoms. The number of carbonyl (C=O) groups is 3. The van der Waals surface area contributed by atoms with Gasteiger partial charge in [0.1, 0.15) is 0 Å². The molecule has 0 fully saturated rings. The van der Waals surface area contributed by atoms with Crippen LogP contribution in [0.3, 0.4) is 0 Å². The molecule has 0 aliphatic heterocycles. The average molecular weight is 401 g/mol. The Morgan fingerprint density at radius 1 is 1.04 bits per heavy atom. The van der Waals surface area contributed by atoms with Gasteiger partial charge in [0.2, 0.25) is 5.91 Å². The van der Waals surface area contributed by atoms with Gasteiger partial charge in [0.05, 0.1) is 17.9 Å². The van der Waals surface area contributed by atoms with E-state index < -0.39 is 12.0 Å². The predicted molar refractivity (Wildman–Crippen MR) is 110 cm³/mol. The van der Waals surface area contributed by atoms with E-state index >= 15 is 0 Å². The van der Waals surface area contributed by atoms with E-state index in [-0.39, 0.29) is 11.7 Å². The SMILES string of the molecule is CCOC(=O)c1ccc(NC(=O)NNC(=O)CSCc2cccc(C)c2)cc1. The number of ether oxygens (including phenoxy) is 1. The summed E-state index contributed by atoms with van der Waals surface area (Å²) in [6.07, 6.45) is 0. The van der Waals surface area contributed by atoms with Gasteiger partial charge in [-0.3, -0.25) is 10.2 Å². The number of hydrogen-bond acceptors (Lipinski definition) is 5. The first-order chi connectivity index (χ1) is 13.5. The van der Waals surface area contributed by atoms with Gasteiger partial charge in [-0.2, -0.15) is 0 Å². The molecule has 0 unspecified atom stereocenters. The summed E-state index contributed by atoms with van der Waals surface area (Å²) in [5.74, 6) is 0.218. The molecule has 2 aromatic rings. The summed E-state index contributed by atoms with van der Waals surface area (Å²) in [7, 11) is 0. The number of benzene rings is 2. The van der Waals surface area contributed by atoms with Gasteiger partial charge in [-0.25, -0.2) is 15.0 Å². The number of carbonyl (C=O) groups excluding carboxylic acids is 3. The summed E-state index contributed by atoms with van der Waals surface area (Å²) in [5.41, 5.74) is 7.84. The minimum atomic E-state index is -0.582. The number of aryl methyl sites for hydroxylation is 1. The number of thioether (sulfide) groups is 1. The van der Waals surface area contributed by atoms with Crippen LogP contribution in [-0.2, 0) is 15.3 Å². The zero-order valence-corrected chi connectivity index (χ0v) is 16.6. The molecule has 2 rings (SSSR count). The molecule has 0 atom stereocenters. The Morgan fingerprint density at radius 2 is 1.79 bits per heavy atom. The van der Waals surface area contributed by atoms with E-state index in [1.165, 1.54) is 17.3 Å². The van der Waals surface area contributed by atoms with Gasteiger partial charge in [0, 0.05) is 11.4 Å². The monoisotopic (exact) mass is 401 g/mol. The van der Waals surface area contributed by atoms with E-state index in [2.05, 4.69) is 22.2 Å². The lowest BCUT2D eigenvalue weighted by atomic mass is 10.2. The molecule has 3 amide bonds. The first kappa shape index (κ1) is 21.3. The maximum Gasteiger partial charge on any atom is 0.338 e. The number of esters is 1. The summed E-state index contributed by atoms with van der Waals surface area (Å²) in [6, 6.07) is 13.8. The maximum atomic E-state index is 11.8. The highest BCUT2D eigenvalue weighted by atomic mass is 32.2. The van der Waals surface area contributed by atoms with Gasteiger partial charge in [-0.05, 0) is 43.7 Å². The second-order valence-electron chi connectivity index (χ2n) is 5.91. The Kier molecular flexibility index (Phi) is 8.36. The van der Waals surface area contributed by atoms with Gasteiger partial charge < -0.3 is 10.1 Å². The van der Waals surface area contributed by atoms with Crippen LogP contribution < -0.4 is 16.2 Å². The first-order valence-corrected chi connectivity index (χ1v) is 9.89. The third-order valence-corrected chi connectivity index (χ3v) is 4.56. The number of hydrazine groups is 1. The Morgan fingerprint density at radius 3 is 2.46 bits per heavy atom. The molecule has 8 heteroatoms. The minimum absolute atomic E-state index is 0.225. The molecule has 0 radical (unpaired) electrons. The zero-order chi connectivity index (χ0) is 20.4. The Hall–Kier alpha value is -3.00. The van der Waals surface area contributed by atoms with Crippen molar-refractivity contribution in [2.45, 2.75) is 19.6 Å². The third-order valence-electron chi connectivity index (χ3n) is 3.55. The van der Waals surface area contributed by atoms with Crippen molar-refractivity contribution in [3.8, 4) is 0 Å². The van der Waals surface area contributed by atoms with Gasteiger partial charge in [0.15, 0.2) is 0 Å². The maximum absolute atomic E-state index is 11.8. The minimum Gasteiger partial charge on any atom is -0.462 e. The average Bonchev–Trinajstić information content (AvgIpc) is 2.67. The van der Waals surface area contributed by atoms with E-state index in [4.69, 9.17) is 4.74 Å². The van der Waals surface area contributed by atoms with Crippen LogP contribution in [-0.4, -0.2) is 30.3 Å². The summed E-state index contributed by atoms with van der Waals surface area (Å²) < 4.78 is 4.89. The predicted octanol–water partition coefficient (Wildman–Crippen LogP) is 3.26. The molecule has 3 N–H and O–H groups in total. The van der Waals surface area contributed by atoms with Crippen molar-refractivity contribution in [3.05, 3.63) is 65.2 Å². The van der Waals surface area contributed by atoms with Gasteiger partial charge in [-0.15, -0.1) is 11.8 Å². The fourth-order valence-corrected chi connectivity index (χ4v) is 3.07. The van der Waals surface area contributed by atoms with Crippen LogP contribution in [0.15, 0.2) is 48.5 Å². The van der Waals surface area contributed by atoms with E-state index in [0.29, 0.717) is 23.6 Å². The van der Waals surface area contributed by atoms with Gasteiger partial charge >= 0.3 is 12.0 Å². The summed E-state index contributed by atoms with van der Waals surface area (Å²) in [6.45, 7) is 4.05. The van der Waals surface area contributed by atoms with Crippen molar-refractivity contribution in [2.75, 3.05) is 17.7 Å². The van der Waals surface area contributed by atoms with Crippen molar-refractivity contribution < 1.29 is 19.1 Å². The lowest BCUT2D eigenvalue weighted by molar-refractivity contribution is -0.119. The smallest absolute Gasteiger partial charge is 0.338 e. The second kappa shape index (κ2) is 11.0. The molecule has 7 nitrogen and oxygen atoms in total. The standard InChI is InChI=1S/C20H23N3O4S/c1-3-27-19(25)16-7-9-17(10-8-16)21-20(26)23-22-18(24)13-28-12-15-6-4-5-14(2)11-15/h4-11H,3,12-13H2,1-2H3,(H,22,24)(H2,21,23,26). The molecule has 0 bridgehead atoms. The van der Waals surface area contributed by atoms with Crippen LogP contribution in [0.2, 0.25) is 0 Å². The van der Waals surface area contributed by atoms with E-state index in [0.717, 1.165) is 5.56 Å². The normalized spacial score (nSPS) is 10.1. The molecular formula is C20H23N3O4S. The highest BCUT2D eigenvalue weighted by molar-refractivity contribution is 7.99. The van der Waals surface area contributed by atoms with E-state index in [1.54, 1.807) is 31.2 Å². The van der Waals surface area contributed by atoms with Crippen molar-refractivity contribution in [1.82, 2.24) is 10.9 Å². The summed E-state index contributed by atoms with van der Waals surface area (Å²) in [5, 5.41) is 2.56. The van der Waals surface area contributed by atoms with Gasteiger partial charge in [-0.1, -0.05) is 29.8 Å². The van der Waals surface area contributed by atoms with Crippen LogP contribution >= 0.6 is 11.8 Å². The molecule has 2 aromatic carbocycles. The number of urea groups is 1. The molecule has 0 spiro atoms. The molecule has 0 aliphatic carbocycles. The molecule has 0 saturated carbocycles. The zero-order valence-electron chi connectivity index (χ0n) is 15.8. The second-order valence-corrected chi connectivity index (χ2v) is 6.89. The van der Waals surface area contributed by atoms with Crippen LogP contribution in [0, 0.1) is 6.92 Å². The molecular weight excluding hydrogens is 378 g/mol. The number of amides is 3. The first-order valence-electron chi connectivity index (χ1n) is 8.74. The molecule has 148 valence electrons. The topological polar surface area (TPSA) is 96.5 Å². The number of rotatable bonds is 7.